The van der Waals surface area contributed by atoms with Crippen LogP contribution >= 0.6 is 28.7 Å². The lowest BCUT2D eigenvalue weighted by atomic mass is 9.96. The SMILES string of the molecule is CC(C=C1C=CC=CC1[P+](O)(Cl)Cl)c1ccccc1. The molecule has 0 saturated carbocycles. The Bertz CT molecular complexity index is 515. The van der Waals surface area contributed by atoms with Gasteiger partial charge in [0.15, 0.2) is 5.66 Å². The maximum absolute atomic E-state index is 9.91. The lowest BCUT2D eigenvalue weighted by Crippen LogP contribution is -2.09. The first-order valence-electron chi connectivity index (χ1n) is 6.11. The first-order chi connectivity index (χ1) is 8.98. The van der Waals surface area contributed by atoms with Crippen LogP contribution in [0, 0.1) is 0 Å². The second-order valence-electron chi connectivity index (χ2n) is 4.58. The summed E-state index contributed by atoms with van der Waals surface area (Å²) in [6.07, 6.45) is 6.77. The fourth-order valence-corrected chi connectivity index (χ4v) is 4.03. The fourth-order valence-electron chi connectivity index (χ4n) is 2.12. The van der Waals surface area contributed by atoms with Crippen molar-refractivity contribution in [2.24, 2.45) is 0 Å². The number of hydrogen-bond acceptors (Lipinski definition) is 1. The van der Waals surface area contributed by atoms with Crippen LogP contribution in [0.2, 0.25) is 0 Å². The third-order valence-electron chi connectivity index (χ3n) is 3.14. The number of benzene rings is 1. The minimum Gasteiger partial charge on any atom is -0.214 e. The van der Waals surface area contributed by atoms with Crippen molar-refractivity contribution in [2.45, 2.75) is 18.5 Å². The van der Waals surface area contributed by atoms with Crippen LogP contribution in [0.4, 0.5) is 0 Å². The van der Waals surface area contributed by atoms with Gasteiger partial charge in [0.2, 0.25) is 0 Å². The molecule has 0 saturated heterocycles. The summed E-state index contributed by atoms with van der Waals surface area (Å²) in [4.78, 5) is 9.91. The van der Waals surface area contributed by atoms with Gasteiger partial charge >= 0.3 is 6.19 Å². The Morgan fingerprint density at radius 3 is 2.53 bits per heavy atom. The van der Waals surface area contributed by atoms with E-state index < -0.39 is 6.19 Å². The van der Waals surface area contributed by atoms with E-state index in [0.717, 1.165) is 5.57 Å². The van der Waals surface area contributed by atoms with Crippen molar-refractivity contribution < 1.29 is 4.89 Å². The second-order valence-corrected chi connectivity index (χ2v) is 9.80. The topological polar surface area (TPSA) is 20.2 Å². The van der Waals surface area contributed by atoms with Gasteiger partial charge in [0.1, 0.15) is 22.5 Å². The van der Waals surface area contributed by atoms with Gasteiger partial charge in [-0.3, -0.25) is 0 Å². The highest BCUT2D eigenvalue weighted by Gasteiger charge is 2.44. The molecule has 1 aromatic rings. The molecule has 0 radical (unpaired) electrons. The summed E-state index contributed by atoms with van der Waals surface area (Å²) in [6.45, 7) is 2.12. The molecule has 1 aromatic carbocycles. The van der Waals surface area contributed by atoms with Gasteiger partial charge in [-0.25, -0.2) is 4.89 Å². The lowest BCUT2D eigenvalue weighted by molar-refractivity contribution is 0.629. The van der Waals surface area contributed by atoms with Gasteiger partial charge in [0.05, 0.1) is 0 Å². The van der Waals surface area contributed by atoms with Gasteiger partial charge < -0.3 is 0 Å². The molecule has 1 nitrogen and oxygen atoms in total. The molecule has 0 bridgehead atoms. The molecule has 0 amide bonds. The van der Waals surface area contributed by atoms with Crippen molar-refractivity contribution in [1.82, 2.24) is 0 Å². The first kappa shape index (κ1) is 14.8. The van der Waals surface area contributed by atoms with E-state index in [2.05, 4.69) is 25.1 Å². The van der Waals surface area contributed by atoms with Crippen LogP contribution in [-0.2, 0) is 0 Å². The minimum atomic E-state index is -2.96. The van der Waals surface area contributed by atoms with Crippen LogP contribution in [-0.4, -0.2) is 10.6 Å². The Morgan fingerprint density at radius 2 is 1.89 bits per heavy atom. The van der Waals surface area contributed by atoms with Gasteiger partial charge in [-0.05, 0) is 23.1 Å². The van der Waals surface area contributed by atoms with E-state index >= 15 is 0 Å². The third-order valence-corrected chi connectivity index (χ3v) is 5.54. The van der Waals surface area contributed by atoms with E-state index in [1.807, 2.05) is 42.5 Å². The Morgan fingerprint density at radius 1 is 1.21 bits per heavy atom. The predicted octanol–water partition coefficient (Wildman–Crippen LogP) is 5.44. The van der Waals surface area contributed by atoms with Crippen LogP contribution in [0.5, 0.6) is 0 Å². The quantitative estimate of drug-likeness (QED) is 0.736. The van der Waals surface area contributed by atoms with Gasteiger partial charge in [-0.1, -0.05) is 61.6 Å². The van der Waals surface area contributed by atoms with Crippen LogP contribution in [0.3, 0.4) is 0 Å². The van der Waals surface area contributed by atoms with E-state index in [9.17, 15) is 4.89 Å². The van der Waals surface area contributed by atoms with Gasteiger partial charge in [-0.2, -0.15) is 0 Å². The normalized spacial score (nSPS) is 22.7. The highest BCUT2D eigenvalue weighted by atomic mass is 35.9. The molecule has 4 heteroatoms. The summed E-state index contributed by atoms with van der Waals surface area (Å²) in [7, 11) is 0. The summed E-state index contributed by atoms with van der Waals surface area (Å²) >= 11 is 11.9. The van der Waals surface area contributed by atoms with Crippen LogP contribution in [0.25, 0.3) is 0 Å². The Labute approximate surface area is 124 Å². The highest BCUT2D eigenvalue weighted by molar-refractivity contribution is 8.14. The zero-order chi connectivity index (χ0) is 13.9. The largest absolute Gasteiger partial charge is 0.347 e. The summed E-state index contributed by atoms with van der Waals surface area (Å²) < 4.78 is 0. The monoisotopic (exact) mass is 313 g/mol. The van der Waals surface area contributed by atoms with Crippen molar-refractivity contribution in [3.63, 3.8) is 0 Å². The molecule has 1 aliphatic rings. The third kappa shape index (κ3) is 3.94. The summed E-state index contributed by atoms with van der Waals surface area (Å²) in [5, 5.41) is 0. The average Bonchev–Trinajstić information content (AvgIpc) is 2.39. The van der Waals surface area contributed by atoms with Gasteiger partial charge in [0.25, 0.3) is 0 Å². The van der Waals surface area contributed by atoms with Crippen molar-refractivity contribution >= 4 is 28.7 Å². The minimum absolute atomic E-state index is 0.245. The molecular weight excluding hydrogens is 298 g/mol. The van der Waals surface area contributed by atoms with Crippen LogP contribution in [0.15, 0.2) is 66.3 Å². The smallest absolute Gasteiger partial charge is 0.214 e. The van der Waals surface area contributed by atoms with E-state index in [4.69, 9.17) is 22.5 Å². The average molecular weight is 314 g/mol. The highest BCUT2D eigenvalue weighted by Crippen LogP contribution is 2.71. The standard InChI is InChI=1S/C15H16Cl2OP/c1-12(13-7-3-2-4-8-13)11-14-9-5-6-10-15(14)19(16,17)18/h2-12,15,18H,1H3/q+1. The summed E-state index contributed by atoms with van der Waals surface area (Å²) in [6, 6.07) is 10.2. The predicted molar refractivity (Wildman–Crippen MR) is 85.9 cm³/mol. The second kappa shape index (κ2) is 6.24. The van der Waals surface area contributed by atoms with E-state index in [1.54, 1.807) is 0 Å². The Balaban J connectivity index is 2.26. The molecule has 2 atom stereocenters. The molecular formula is C15H16Cl2OP+. The fraction of sp³-hybridized carbons (Fsp3) is 0.200. The Kier molecular flexibility index (Phi) is 4.86. The maximum atomic E-state index is 9.91. The number of allylic oxidation sites excluding steroid dienone is 6. The zero-order valence-corrected chi connectivity index (χ0v) is 13.0. The zero-order valence-electron chi connectivity index (χ0n) is 10.6. The van der Waals surface area contributed by atoms with Crippen molar-refractivity contribution in [2.75, 3.05) is 0 Å². The number of halogens is 2. The number of rotatable bonds is 3. The lowest BCUT2D eigenvalue weighted by Gasteiger charge is -2.18. The van der Waals surface area contributed by atoms with Crippen molar-refractivity contribution in [3.8, 4) is 0 Å². The van der Waals surface area contributed by atoms with E-state index in [0.29, 0.717) is 0 Å². The van der Waals surface area contributed by atoms with Crippen LogP contribution in [0.1, 0.15) is 18.4 Å². The molecule has 1 N–H and O–H groups in total. The van der Waals surface area contributed by atoms with Gasteiger partial charge in [-0.15, -0.1) is 0 Å². The maximum Gasteiger partial charge on any atom is 0.347 e. The number of hydrogen-bond donors (Lipinski definition) is 1. The molecule has 0 heterocycles. The molecule has 19 heavy (non-hydrogen) atoms. The van der Waals surface area contributed by atoms with Crippen LogP contribution < -0.4 is 0 Å². The Hall–Kier alpha value is -0.590. The molecule has 0 aliphatic heterocycles. The van der Waals surface area contributed by atoms with Crippen molar-refractivity contribution in [3.05, 3.63) is 71.8 Å². The molecule has 2 rings (SSSR count). The molecule has 2 unspecified atom stereocenters. The summed E-state index contributed by atoms with van der Waals surface area (Å²) in [5.74, 6) is 0.245. The molecule has 0 spiro atoms. The van der Waals surface area contributed by atoms with Crippen molar-refractivity contribution in [1.29, 1.82) is 0 Å². The summed E-state index contributed by atoms with van der Waals surface area (Å²) in [5.41, 5.74) is 1.90. The molecule has 1 aliphatic carbocycles. The molecule has 100 valence electrons. The molecule has 0 aromatic heterocycles. The molecule has 0 fully saturated rings. The first-order valence-corrected chi connectivity index (χ1v) is 9.73. The van der Waals surface area contributed by atoms with E-state index in [-0.39, 0.29) is 11.6 Å². The van der Waals surface area contributed by atoms with E-state index in [1.165, 1.54) is 5.56 Å². The van der Waals surface area contributed by atoms with Gasteiger partial charge in [0, 0.05) is 0 Å².